The normalized spacial score (nSPS) is 42.4. The Balaban J connectivity index is 1.15. The number of ether oxygens (including phenoxy) is 1. The highest BCUT2D eigenvalue weighted by Gasteiger charge is 2.69. The molecule has 5 rings (SSSR count). The minimum atomic E-state index is -1.07. The van der Waals surface area contributed by atoms with Crippen LogP contribution in [-0.4, -0.2) is 71.3 Å². The third kappa shape index (κ3) is 4.01. The van der Waals surface area contributed by atoms with E-state index in [-0.39, 0.29) is 48.1 Å². The topological polar surface area (TPSA) is 82.7 Å². The van der Waals surface area contributed by atoms with E-state index in [0.29, 0.717) is 12.8 Å². The van der Waals surface area contributed by atoms with Crippen LogP contribution >= 0.6 is 11.6 Å². The summed E-state index contributed by atoms with van der Waals surface area (Å²) in [5.74, 6) is -0.117. The van der Waals surface area contributed by atoms with E-state index in [1.165, 1.54) is 0 Å². The number of carbonyl (C=O) groups is 2. The van der Waals surface area contributed by atoms with Crippen LogP contribution in [0.15, 0.2) is 0 Å². The number of hydrogen-bond acceptors (Lipinski definition) is 5. The van der Waals surface area contributed by atoms with Gasteiger partial charge in [-0.1, -0.05) is 6.92 Å². The summed E-state index contributed by atoms with van der Waals surface area (Å²) in [7, 11) is 0. The quantitative estimate of drug-likeness (QED) is 0.539. The smallest absolute Gasteiger partial charge is 0.246 e. The van der Waals surface area contributed by atoms with Crippen LogP contribution in [0.3, 0.4) is 0 Å². The summed E-state index contributed by atoms with van der Waals surface area (Å²) >= 11 is 5.87. The van der Waals surface area contributed by atoms with Crippen molar-refractivity contribution in [2.45, 2.75) is 86.6 Å². The van der Waals surface area contributed by atoms with E-state index >= 15 is 0 Å². The van der Waals surface area contributed by atoms with Gasteiger partial charge in [0.25, 0.3) is 0 Å². The molecule has 1 saturated heterocycles. The van der Waals surface area contributed by atoms with Gasteiger partial charge in [0.05, 0.1) is 11.5 Å². The molecule has 4 saturated carbocycles. The second-order valence-corrected chi connectivity index (χ2v) is 9.52. The Morgan fingerprint density at radius 2 is 1.93 bits per heavy atom. The van der Waals surface area contributed by atoms with Crippen LogP contribution in [0, 0.1) is 0 Å². The first-order valence-corrected chi connectivity index (χ1v) is 10.8. The number of alkyl halides is 2. The van der Waals surface area contributed by atoms with Gasteiger partial charge in [-0.2, -0.15) is 0 Å². The Hall–Kier alpha value is -0.960. The van der Waals surface area contributed by atoms with E-state index < -0.39 is 11.5 Å². The van der Waals surface area contributed by atoms with Crippen molar-refractivity contribution in [2.75, 3.05) is 19.7 Å². The van der Waals surface area contributed by atoms with Gasteiger partial charge >= 0.3 is 0 Å². The monoisotopic (exact) mass is 416 g/mol. The van der Waals surface area contributed by atoms with E-state index in [4.69, 9.17) is 16.3 Å². The largest absolute Gasteiger partial charge is 0.368 e. The van der Waals surface area contributed by atoms with Gasteiger partial charge in [0, 0.05) is 30.6 Å². The molecule has 0 spiro atoms. The van der Waals surface area contributed by atoms with E-state index in [1.807, 2.05) is 0 Å². The number of carbonyl (C=O) groups excluding carboxylic acids is 2. The lowest BCUT2D eigenvalue weighted by Crippen LogP contribution is -2.84. The second kappa shape index (κ2) is 7.70. The van der Waals surface area contributed by atoms with E-state index in [0.717, 1.165) is 38.8 Å². The van der Waals surface area contributed by atoms with Gasteiger partial charge in [-0.05, 0) is 38.5 Å². The predicted molar refractivity (Wildman–Crippen MR) is 103 cm³/mol. The highest BCUT2D eigenvalue weighted by atomic mass is 35.5. The lowest BCUT2D eigenvalue weighted by atomic mass is 9.44. The van der Waals surface area contributed by atoms with Crippen molar-refractivity contribution in [2.24, 2.45) is 0 Å². The molecule has 158 valence electrons. The molecule has 3 N–H and O–H groups in total. The average molecular weight is 417 g/mol. The van der Waals surface area contributed by atoms with E-state index in [1.54, 1.807) is 0 Å². The first-order valence-electron chi connectivity index (χ1n) is 10.4. The Morgan fingerprint density at radius 1 is 1.21 bits per heavy atom. The number of amides is 2. The van der Waals surface area contributed by atoms with Crippen LogP contribution in [0.2, 0.25) is 0 Å². The lowest BCUT2D eigenvalue weighted by Gasteiger charge is -2.70. The third-order valence-corrected chi connectivity index (χ3v) is 7.13. The molecule has 0 radical (unpaired) electrons. The molecule has 0 aromatic heterocycles. The molecule has 28 heavy (non-hydrogen) atoms. The highest BCUT2D eigenvalue weighted by molar-refractivity contribution is 6.21. The number of halogens is 2. The lowest BCUT2D eigenvalue weighted by molar-refractivity contribution is -0.154. The second-order valence-electron chi connectivity index (χ2n) is 8.96. The molecule has 5 fully saturated rings. The summed E-state index contributed by atoms with van der Waals surface area (Å²) in [6.07, 6.45) is 3.34. The molecule has 0 aromatic rings. The van der Waals surface area contributed by atoms with Crippen molar-refractivity contribution in [1.29, 1.82) is 0 Å². The van der Waals surface area contributed by atoms with Crippen molar-refractivity contribution in [3.05, 3.63) is 0 Å². The Kier molecular flexibility index (Phi) is 5.59. The molecule has 0 aromatic carbocycles. The Morgan fingerprint density at radius 3 is 2.57 bits per heavy atom. The number of nitrogens with one attached hydrogen (secondary N) is 3. The summed E-state index contributed by atoms with van der Waals surface area (Å²) in [6.45, 7) is 3.77. The summed E-state index contributed by atoms with van der Waals surface area (Å²) in [5.41, 5.74) is 2.86. The highest BCUT2D eigenvalue weighted by Crippen LogP contribution is 2.60. The van der Waals surface area contributed by atoms with Crippen LogP contribution in [0.25, 0.3) is 0 Å². The zero-order valence-corrected chi connectivity index (χ0v) is 17.1. The fourth-order valence-corrected chi connectivity index (χ4v) is 5.42. The molecule has 1 heterocycles. The molecular formula is C19H30ClFN4O3. The molecule has 4 atom stereocenters. The SMILES string of the molecule is CCN1CCC(C(=O)NC23CC(NC(=O)COC4CCC(Cl)C(F)C4)(C2)C3)N1. The minimum Gasteiger partial charge on any atom is -0.368 e. The van der Waals surface area contributed by atoms with Gasteiger partial charge in [-0.25, -0.2) is 14.8 Å². The van der Waals surface area contributed by atoms with Gasteiger partial charge in [-0.3, -0.25) is 9.59 Å². The van der Waals surface area contributed by atoms with E-state index in [2.05, 4.69) is 28.0 Å². The molecule has 1 aliphatic heterocycles. The zero-order chi connectivity index (χ0) is 19.9. The van der Waals surface area contributed by atoms with Crippen molar-refractivity contribution in [1.82, 2.24) is 21.1 Å². The molecule has 5 aliphatic rings. The molecule has 2 bridgehead atoms. The van der Waals surface area contributed by atoms with Crippen LogP contribution in [0.5, 0.6) is 0 Å². The van der Waals surface area contributed by atoms with Crippen LogP contribution < -0.4 is 16.1 Å². The number of hydrazine groups is 1. The van der Waals surface area contributed by atoms with Crippen LogP contribution in [-0.2, 0) is 14.3 Å². The van der Waals surface area contributed by atoms with Crippen molar-refractivity contribution < 1.29 is 18.7 Å². The van der Waals surface area contributed by atoms with Gasteiger partial charge < -0.3 is 15.4 Å². The summed E-state index contributed by atoms with van der Waals surface area (Å²) in [4.78, 5) is 24.7. The van der Waals surface area contributed by atoms with Gasteiger partial charge in [0.1, 0.15) is 18.8 Å². The number of hydrogen-bond donors (Lipinski definition) is 3. The maximum absolute atomic E-state index is 13.6. The first-order chi connectivity index (χ1) is 13.3. The fourth-order valence-electron chi connectivity index (χ4n) is 5.19. The molecule has 7 nitrogen and oxygen atoms in total. The van der Waals surface area contributed by atoms with Crippen molar-refractivity contribution in [3.8, 4) is 0 Å². The average Bonchev–Trinajstić information content (AvgIpc) is 3.09. The van der Waals surface area contributed by atoms with E-state index in [9.17, 15) is 14.0 Å². The predicted octanol–water partition coefficient (Wildman–Crippen LogP) is 1.01. The molecule has 4 unspecified atom stereocenters. The molecule has 2 amide bonds. The number of rotatable bonds is 7. The maximum atomic E-state index is 13.6. The van der Waals surface area contributed by atoms with Gasteiger partial charge in [0.15, 0.2) is 0 Å². The summed E-state index contributed by atoms with van der Waals surface area (Å²) < 4.78 is 19.2. The Bertz CT molecular complexity index is 617. The third-order valence-electron chi connectivity index (χ3n) is 6.64. The number of nitrogens with zero attached hydrogens (tertiary/aromatic N) is 1. The maximum Gasteiger partial charge on any atom is 0.246 e. The standard InChI is InChI=1S/C19H30ClFN4O3/c1-2-25-6-5-15(24-25)17(27)23-19-9-18(10-19,11-19)22-16(26)8-28-12-3-4-13(20)14(21)7-12/h12-15,24H,2-11H2,1H3,(H,22,26)(H,23,27). The van der Waals surface area contributed by atoms with Gasteiger partial charge in [0.2, 0.25) is 11.8 Å². The molecule has 4 aliphatic carbocycles. The minimum absolute atomic E-state index is 0.0505. The summed E-state index contributed by atoms with van der Waals surface area (Å²) in [6, 6.07) is -0.157. The molecular weight excluding hydrogens is 387 g/mol. The fraction of sp³-hybridized carbons (Fsp3) is 0.895. The Labute approximate surface area is 170 Å². The molecule has 9 heteroatoms. The van der Waals surface area contributed by atoms with Gasteiger partial charge in [-0.15, -0.1) is 11.6 Å². The van der Waals surface area contributed by atoms with Crippen LogP contribution in [0.1, 0.15) is 51.9 Å². The first kappa shape index (κ1) is 20.3. The van der Waals surface area contributed by atoms with Crippen molar-refractivity contribution >= 4 is 23.4 Å². The van der Waals surface area contributed by atoms with Crippen molar-refractivity contribution in [3.63, 3.8) is 0 Å². The summed E-state index contributed by atoms with van der Waals surface area (Å²) in [5, 5.41) is 7.83. The zero-order valence-electron chi connectivity index (χ0n) is 16.3. The van der Waals surface area contributed by atoms with Crippen LogP contribution in [0.4, 0.5) is 4.39 Å².